The van der Waals surface area contributed by atoms with Crippen LogP contribution in [0.4, 0.5) is 0 Å². The summed E-state index contributed by atoms with van der Waals surface area (Å²) in [6.07, 6.45) is 5.15. The smallest absolute Gasteiger partial charge is 0.234 e. The van der Waals surface area contributed by atoms with E-state index in [1.165, 1.54) is 0 Å². The molecule has 0 spiro atoms. The van der Waals surface area contributed by atoms with Gasteiger partial charge >= 0.3 is 0 Å². The van der Waals surface area contributed by atoms with Crippen LogP contribution in [0.15, 0.2) is 24.5 Å². The van der Waals surface area contributed by atoms with E-state index < -0.39 is 0 Å². The Balaban J connectivity index is 2.25. The lowest BCUT2D eigenvalue weighted by molar-refractivity contribution is 0.0891. The third kappa shape index (κ3) is 1.22. The minimum absolute atomic E-state index is 0.0829. The summed E-state index contributed by atoms with van der Waals surface area (Å²) in [6, 6.07) is 5.67. The van der Waals surface area contributed by atoms with Crippen molar-refractivity contribution in [2.45, 2.75) is 12.8 Å². The SMILES string of the molecule is N#Cc1cn(C(=O)C2CC2)c2cccnc12. The molecule has 1 fully saturated rings. The largest absolute Gasteiger partial charge is 0.284 e. The zero-order valence-corrected chi connectivity index (χ0v) is 8.55. The van der Waals surface area contributed by atoms with Crippen molar-refractivity contribution in [2.24, 2.45) is 5.92 Å². The van der Waals surface area contributed by atoms with E-state index in [0.29, 0.717) is 11.1 Å². The lowest BCUT2D eigenvalue weighted by atomic mass is 10.3. The predicted molar refractivity (Wildman–Crippen MR) is 57.8 cm³/mol. The zero-order valence-electron chi connectivity index (χ0n) is 8.55. The summed E-state index contributed by atoms with van der Waals surface area (Å²) >= 11 is 0. The monoisotopic (exact) mass is 211 g/mol. The lowest BCUT2D eigenvalue weighted by Crippen LogP contribution is -2.10. The van der Waals surface area contributed by atoms with Crippen LogP contribution in [0, 0.1) is 17.2 Å². The van der Waals surface area contributed by atoms with Gasteiger partial charge < -0.3 is 0 Å². The van der Waals surface area contributed by atoms with Crippen molar-refractivity contribution >= 4 is 16.9 Å². The molecular weight excluding hydrogens is 202 g/mol. The average Bonchev–Trinajstić information content (AvgIpc) is 3.09. The number of fused-ring (bicyclic) bond motifs is 1. The van der Waals surface area contributed by atoms with Crippen LogP contribution in [-0.2, 0) is 0 Å². The van der Waals surface area contributed by atoms with Gasteiger partial charge in [-0.2, -0.15) is 5.26 Å². The van der Waals surface area contributed by atoms with E-state index in [1.807, 2.05) is 6.07 Å². The molecule has 3 rings (SSSR count). The summed E-state index contributed by atoms with van der Waals surface area (Å²) < 4.78 is 1.57. The van der Waals surface area contributed by atoms with E-state index in [-0.39, 0.29) is 11.8 Å². The molecule has 1 saturated carbocycles. The summed E-state index contributed by atoms with van der Waals surface area (Å²) in [4.78, 5) is 16.1. The Morgan fingerprint density at radius 3 is 3.06 bits per heavy atom. The second-order valence-corrected chi connectivity index (χ2v) is 4.01. The summed E-state index contributed by atoms with van der Waals surface area (Å²) in [7, 11) is 0. The van der Waals surface area contributed by atoms with Crippen LogP contribution in [0.3, 0.4) is 0 Å². The van der Waals surface area contributed by atoms with Crippen LogP contribution in [-0.4, -0.2) is 15.5 Å². The maximum atomic E-state index is 12.0. The van der Waals surface area contributed by atoms with Gasteiger partial charge in [0.05, 0.1) is 11.1 Å². The van der Waals surface area contributed by atoms with Gasteiger partial charge in [0.15, 0.2) is 0 Å². The van der Waals surface area contributed by atoms with E-state index in [1.54, 1.807) is 23.0 Å². The minimum Gasteiger partial charge on any atom is -0.284 e. The molecule has 0 atom stereocenters. The van der Waals surface area contributed by atoms with Crippen molar-refractivity contribution in [1.29, 1.82) is 5.26 Å². The van der Waals surface area contributed by atoms with Gasteiger partial charge in [0.2, 0.25) is 5.91 Å². The average molecular weight is 211 g/mol. The van der Waals surface area contributed by atoms with E-state index in [0.717, 1.165) is 18.4 Å². The van der Waals surface area contributed by atoms with Gasteiger partial charge in [-0.25, -0.2) is 0 Å². The molecule has 78 valence electrons. The number of carbonyl (C=O) groups excluding carboxylic acids is 1. The van der Waals surface area contributed by atoms with Gasteiger partial charge in [0.25, 0.3) is 0 Å². The number of rotatable bonds is 1. The highest BCUT2D eigenvalue weighted by Crippen LogP contribution is 2.32. The van der Waals surface area contributed by atoms with Crippen LogP contribution in [0.25, 0.3) is 11.0 Å². The Morgan fingerprint density at radius 2 is 2.38 bits per heavy atom. The first kappa shape index (κ1) is 9.10. The fraction of sp³-hybridized carbons (Fsp3) is 0.250. The molecule has 4 nitrogen and oxygen atoms in total. The molecule has 0 N–H and O–H groups in total. The number of pyridine rings is 1. The van der Waals surface area contributed by atoms with Crippen LogP contribution in [0.1, 0.15) is 23.2 Å². The van der Waals surface area contributed by atoms with Crippen molar-refractivity contribution in [1.82, 2.24) is 9.55 Å². The first-order chi connectivity index (χ1) is 7.81. The topological polar surface area (TPSA) is 58.7 Å². The second kappa shape index (κ2) is 3.17. The number of nitriles is 1. The predicted octanol–water partition coefficient (Wildman–Crippen LogP) is 1.96. The van der Waals surface area contributed by atoms with E-state index in [4.69, 9.17) is 5.26 Å². The molecule has 2 aromatic heterocycles. The van der Waals surface area contributed by atoms with Crippen molar-refractivity contribution in [3.05, 3.63) is 30.1 Å². The van der Waals surface area contributed by atoms with Crippen LogP contribution in [0.5, 0.6) is 0 Å². The van der Waals surface area contributed by atoms with Crippen molar-refractivity contribution < 1.29 is 4.79 Å². The van der Waals surface area contributed by atoms with Crippen LogP contribution >= 0.6 is 0 Å². The highest BCUT2D eigenvalue weighted by Gasteiger charge is 2.31. The standard InChI is InChI=1S/C12H9N3O/c13-6-9-7-15(12(16)8-3-4-8)10-2-1-5-14-11(9)10/h1-2,5,7-8H,3-4H2. The number of hydrogen-bond donors (Lipinski definition) is 0. The molecule has 2 heterocycles. The fourth-order valence-electron chi connectivity index (χ4n) is 1.85. The molecule has 0 aliphatic heterocycles. The number of carbonyl (C=O) groups is 1. The number of hydrogen-bond acceptors (Lipinski definition) is 3. The Morgan fingerprint density at radius 1 is 1.56 bits per heavy atom. The fourth-order valence-corrected chi connectivity index (χ4v) is 1.85. The van der Waals surface area contributed by atoms with Gasteiger partial charge in [0.1, 0.15) is 11.6 Å². The van der Waals surface area contributed by atoms with E-state index in [2.05, 4.69) is 11.1 Å². The van der Waals surface area contributed by atoms with Crippen LogP contribution in [0.2, 0.25) is 0 Å². The van der Waals surface area contributed by atoms with Crippen molar-refractivity contribution in [2.75, 3.05) is 0 Å². The highest BCUT2D eigenvalue weighted by molar-refractivity contribution is 5.95. The molecule has 0 amide bonds. The lowest BCUT2D eigenvalue weighted by Gasteiger charge is -2.00. The Hall–Kier alpha value is -2.15. The maximum Gasteiger partial charge on any atom is 0.234 e. The van der Waals surface area contributed by atoms with Gasteiger partial charge in [0, 0.05) is 18.3 Å². The van der Waals surface area contributed by atoms with Crippen LogP contribution < -0.4 is 0 Å². The van der Waals surface area contributed by atoms with E-state index >= 15 is 0 Å². The summed E-state index contributed by atoms with van der Waals surface area (Å²) in [5.41, 5.74) is 1.81. The Bertz CT molecular complexity index is 617. The summed E-state index contributed by atoms with van der Waals surface area (Å²) in [5.74, 6) is 0.224. The van der Waals surface area contributed by atoms with Crippen molar-refractivity contribution in [3.8, 4) is 6.07 Å². The summed E-state index contributed by atoms with van der Waals surface area (Å²) in [6.45, 7) is 0. The number of nitrogens with zero attached hydrogens (tertiary/aromatic N) is 3. The Labute approximate surface area is 92.1 Å². The van der Waals surface area contributed by atoms with Crippen molar-refractivity contribution in [3.63, 3.8) is 0 Å². The quantitative estimate of drug-likeness (QED) is 0.724. The molecule has 1 aliphatic carbocycles. The normalized spacial score (nSPS) is 14.9. The molecular formula is C12H9N3O. The molecule has 4 heteroatoms. The molecule has 0 bridgehead atoms. The first-order valence-corrected chi connectivity index (χ1v) is 5.21. The molecule has 16 heavy (non-hydrogen) atoms. The molecule has 0 radical (unpaired) electrons. The minimum atomic E-state index is 0.0829. The first-order valence-electron chi connectivity index (χ1n) is 5.21. The third-order valence-electron chi connectivity index (χ3n) is 2.84. The zero-order chi connectivity index (χ0) is 11.1. The molecule has 0 saturated heterocycles. The maximum absolute atomic E-state index is 12.0. The van der Waals surface area contributed by atoms with Gasteiger partial charge in [-0.05, 0) is 25.0 Å². The molecule has 1 aliphatic rings. The molecule has 2 aromatic rings. The van der Waals surface area contributed by atoms with Gasteiger partial charge in [-0.1, -0.05) is 0 Å². The molecule has 0 aromatic carbocycles. The molecule has 0 unspecified atom stereocenters. The van der Waals surface area contributed by atoms with E-state index in [9.17, 15) is 4.79 Å². The second-order valence-electron chi connectivity index (χ2n) is 4.01. The van der Waals surface area contributed by atoms with Gasteiger partial charge in [-0.3, -0.25) is 14.3 Å². The number of aromatic nitrogens is 2. The summed E-state index contributed by atoms with van der Waals surface area (Å²) in [5, 5.41) is 8.97. The Kier molecular flexibility index (Phi) is 1.80. The highest BCUT2D eigenvalue weighted by atomic mass is 16.2. The van der Waals surface area contributed by atoms with Gasteiger partial charge in [-0.15, -0.1) is 0 Å². The third-order valence-corrected chi connectivity index (χ3v) is 2.84.